The molecule has 2 atom stereocenters. The molecule has 0 bridgehead atoms. The van der Waals surface area contributed by atoms with Gasteiger partial charge in [0.25, 0.3) is 5.56 Å². The van der Waals surface area contributed by atoms with E-state index in [1.165, 1.54) is 12.5 Å². The fourth-order valence-corrected chi connectivity index (χ4v) is 2.89. The molecule has 0 aromatic carbocycles. The fraction of sp³-hybridized carbons (Fsp3) is 0.438. The van der Waals surface area contributed by atoms with E-state index in [1.54, 1.807) is 12.1 Å². The summed E-state index contributed by atoms with van der Waals surface area (Å²) in [6, 6.07) is 3.22. The van der Waals surface area contributed by atoms with Gasteiger partial charge in [-0.1, -0.05) is 12.8 Å². The zero-order chi connectivity index (χ0) is 17.1. The molecule has 2 aromatic heterocycles. The average Bonchev–Trinajstić information content (AvgIpc) is 3.06. The molecular weight excluding hydrogens is 312 g/mol. The van der Waals surface area contributed by atoms with Gasteiger partial charge in [-0.2, -0.15) is 0 Å². The quantitative estimate of drug-likeness (QED) is 0.706. The van der Waals surface area contributed by atoms with Crippen molar-refractivity contribution in [3.05, 3.63) is 50.6 Å². The van der Waals surface area contributed by atoms with Gasteiger partial charge in [-0.15, -0.1) is 0 Å². The number of hydrogen-bond acceptors (Lipinski definition) is 6. The van der Waals surface area contributed by atoms with E-state index in [1.807, 2.05) is 0 Å². The molecule has 4 N–H and O–H groups in total. The van der Waals surface area contributed by atoms with Crippen LogP contribution >= 0.6 is 0 Å². The van der Waals surface area contributed by atoms with Crippen LogP contribution in [0.1, 0.15) is 37.0 Å². The van der Waals surface area contributed by atoms with E-state index in [-0.39, 0.29) is 24.2 Å². The highest BCUT2D eigenvalue weighted by atomic mass is 16.3. The van der Waals surface area contributed by atoms with Crippen LogP contribution < -0.4 is 17.0 Å². The first-order chi connectivity index (χ1) is 11.6. The van der Waals surface area contributed by atoms with E-state index in [2.05, 4.69) is 9.98 Å². The number of H-pyrrole nitrogens is 1. The minimum atomic E-state index is -0.708. The number of nitrogens with zero attached hydrogens (tertiary/aromatic N) is 2. The van der Waals surface area contributed by atoms with Crippen LogP contribution in [0.4, 0.5) is 0 Å². The highest BCUT2D eigenvalue weighted by molar-refractivity contribution is 5.82. The van der Waals surface area contributed by atoms with Gasteiger partial charge >= 0.3 is 5.69 Å². The van der Waals surface area contributed by atoms with Crippen LogP contribution in [0.5, 0.6) is 5.88 Å². The first-order valence-electron chi connectivity index (χ1n) is 7.93. The molecule has 0 aliphatic heterocycles. The normalized spacial score (nSPS) is 21.4. The largest absolute Gasteiger partial charge is 0.494 e. The number of aromatic amines is 1. The molecule has 0 spiro atoms. The Morgan fingerprint density at radius 2 is 2.21 bits per heavy atom. The van der Waals surface area contributed by atoms with Gasteiger partial charge in [-0.05, 0) is 25.0 Å². The van der Waals surface area contributed by atoms with Crippen molar-refractivity contribution in [3.63, 3.8) is 0 Å². The Bertz CT molecular complexity index is 835. The topological polar surface area (TPSA) is 127 Å². The maximum absolute atomic E-state index is 12.0. The van der Waals surface area contributed by atoms with Crippen molar-refractivity contribution in [3.8, 4) is 5.88 Å². The van der Waals surface area contributed by atoms with E-state index in [9.17, 15) is 14.7 Å². The molecule has 8 heteroatoms. The lowest BCUT2D eigenvalue weighted by Gasteiger charge is -2.24. The molecule has 8 nitrogen and oxygen atoms in total. The Balaban J connectivity index is 1.92. The van der Waals surface area contributed by atoms with Gasteiger partial charge in [0.1, 0.15) is 11.3 Å². The van der Waals surface area contributed by atoms with Gasteiger partial charge in [-0.25, -0.2) is 4.79 Å². The van der Waals surface area contributed by atoms with Crippen LogP contribution in [-0.2, 0) is 6.54 Å². The Morgan fingerprint density at radius 1 is 1.42 bits per heavy atom. The Labute approximate surface area is 137 Å². The third-order valence-corrected chi connectivity index (χ3v) is 4.28. The number of aromatic hydroxyl groups is 1. The maximum atomic E-state index is 12.0. The summed E-state index contributed by atoms with van der Waals surface area (Å²) in [6.45, 7) is 0.0121. The lowest BCUT2D eigenvalue weighted by Crippen LogP contribution is -2.36. The van der Waals surface area contributed by atoms with Gasteiger partial charge in [-0.3, -0.25) is 19.3 Å². The monoisotopic (exact) mass is 332 g/mol. The van der Waals surface area contributed by atoms with E-state index < -0.39 is 17.1 Å². The number of furan rings is 1. The lowest BCUT2D eigenvalue weighted by molar-refractivity contribution is 0.385. The van der Waals surface area contributed by atoms with Gasteiger partial charge in [0.05, 0.1) is 18.8 Å². The molecule has 0 radical (unpaired) electrons. The first-order valence-corrected chi connectivity index (χ1v) is 7.93. The molecule has 2 aromatic rings. The Morgan fingerprint density at radius 3 is 2.92 bits per heavy atom. The van der Waals surface area contributed by atoms with Crippen molar-refractivity contribution in [1.29, 1.82) is 0 Å². The predicted molar refractivity (Wildman–Crippen MR) is 88.6 cm³/mol. The summed E-state index contributed by atoms with van der Waals surface area (Å²) >= 11 is 0. The number of nitrogens with two attached hydrogens (primary N) is 1. The Kier molecular flexibility index (Phi) is 4.66. The maximum Gasteiger partial charge on any atom is 0.331 e. The fourth-order valence-electron chi connectivity index (χ4n) is 2.89. The standard InChI is InChI=1S/C16H20N4O4/c17-12-5-1-2-6-13(12)18-8-11-14(21)19-16(23)20(15(11)22)9-10-4-3-7-24-10/h3-4,7-8,12-13,22H,1-2,5-6,9,17H2,(H,19,21,23)/t12-,13+/m1/s1. The van der Waals surface area contributed by atoms with Crippen molar-refractivity contribution in [2.24, 2.45) is 10.7 Å². The molecule has 0 amide bonds. The van der Waals surface area contributed by atoms with Crippen molar-refractivity contribution < 1.29 is 9.52 Å². The SMILES string of the molecule is N[C@@H]1CCCC[C@@H]1N=Cc1c(O)n(Cc2ccco2)c(=O)[nH]c1=O. The number of hydrogen-bond donors (Lipinski definition) is 3. The first kappa shape index (κ1) is 16.3. The van der Waals surface area contributed by atoms with Crippen molar-refractivity contribution >= 4 is 6.21 Å². The van der Waals surface area contributed by atoms with E-state index in [0.29, 0.717) is 5.76 Å². The highest BCUT2D eigenvalue weighted by Gasteiger charge is 2.21. The summed E-state index contributed by atoms with van der Waals surface area (Å²) in [5.41, 5.74) is 4.59. The van der Waals surface area contributed by atoms with Crippen LogP contribution in [-0.4, -0.2) is 33.0 Å². The van der Waals surface area contributed by atoms with Gasteiger partial charge in [0.15, 0.2) is 0 Å². The molecule has 1 aliphatic rings. The Hall–Kier alpha value is -2.61. The zero-order valence-electron chi connectivity index (χ0n) is 13.1. The van der Waals surface area contributed by atoms with Crippen LogP contribution in [0.15, 0.2) is 37.4 Å². The molecule has 1 saturated carbocycles. The number of rotatable bonds is 4. The van der Waals surface area contributed by atoms with E-state index in [0.717, 1.165) is 30.3 Å². The molecular formula is C16H20N4O4. The van der Waals surface area contributed by atoms with Crippen LogP contribution in [0.3, 0.4) is 0 Å². The summed E-state index contributed by atoms with van der Waals surface area (Å²) in [6.07, 6.45) is 6.63. The summed E-state index contributed by atoms with van der Waals surface area (Å²) in [5.74, 6) is 0.0462. The third-order valence-electron chi connectivity index (χ3n) is 4.28. The van der Waals surface area contributed by atoms with Gasteiger partial charge in [0, 0.05) is 12.3 Å². The number of nitrogens with one attached hydrogen (secondary N) is 1. The van der Waals surface area contributed by atoms with E-state index >= 15 is 0 Å². The summed E-state index contributed by atoms with van der Waals surface area (Å²) in [5, 5.41) is 10.3. The lowest BCUT2D eigenvalue weighted by atomic mass is 9.91. The van der Waals surface area contributed by atoms with Crippen LogP contribution in [0.25, 0.3) is 0 Å². The molecule has 128 valence electrons. The second-order valence-corrected chi connectivity index (χ2v) is 5.96. The minimum Gasteiger partial charge on any atom is -0.494 e. The number of aliphatic imine (C=N–C) groups is 1. The van der Waals surface area contributed by atoms with Crippen molar-refractivity contribution in [1.82, 2.24) is 9.55 Å². The second-order valence-electron chi connectivity index (χ2n) is 5.96. The second kappa shape index (κ2) is 6.88. The molecule has 3 rings (SSSR count). The smallest absolute Gasteiger partial charge is 0.331 e. The average molecular weight is 332 g/mol. The molecule has 1 aliphatic carbocycles. The summed E-state index contributed by atoms with van der Waals surface area (Å²) in [7, 11) is 0. The zero-order valence-corrected chi connectivity index (χ0v) is 13.1. The molecule has 0 unspecified atom stereocenters. The highest BCUT2D eigenvalue weighted by Crippen LogP contribution is 2.20. The van der Waals surface area contributed by atoms with Crippen LogP contribution in [0.2, 0.25) is 0 Å². The van der Waals surface area contributed by atoms with Gasteiger partial charge < -0.3 is 15.3 Å². The van der Waals surface area contributed by atoms with Gasteiger partial charge in [0.2, 0.25) is 5.88 Å². The van der Waals surface area contributed by atoms with Crippen LogP contribution in [0, 0.1) is 0 Å². The van der Waals surface area contributed by atoms with E-state index in [4.69, 9.17) is 10.2 Å². The summed E-state index contributed by atoms with van der Waals surface area (Å²) < 4.78 is 6.20. The molecule has 0 saturated heterocycles. The van der Waals surface area contributed by atoms with Crippen molar-refractivity contribution in [2.45, 2.75) is 44.3 Å². The van der Waals surface area contributed by atoms with Crippen molar-refractivity contribution in [2.75, 3.05) is 0 Å². The summed E-state index contributed by atoms with van der Waals surface area (Å²) in [4.78, 5) is 30.5. The molecule has 24 heavy (non-hydrogen) atoms. The number of aromatic nitrogens is 2. The minimum absolute atomic E-state index is 0.0121. The predicted octanol–water partition coefficient (Wildman–Crippen LogP) is 0.572. The molecule has 1 fully saturated rings. The third kappa shape index (κ3) is 3.33. The molecule has 2 heterocycles.